The highest BCUT2D eigenvalue weighted by atomic mass is 35.5. The number of rotatable bonds is 5. The predicted octanol–water partition coefficient (Wildman–Crippen LogP) is 2.97. The fourth-order valence-corrected chi connectivity index (χ4v) is 4.56. The molecule has 1 saturated heterocycles. The largest absolute Gasteiger partial charge is 0.358 e. The van der Waals surface area contributed by atoms with Gasteiger partial charge in [0.25, 0.3) is 5.56 Å². The summed E-state index contributed by atoms with van der Waals surface area (Å²) in [7, 11) is 0. The summed E-state index contributed by atoms with van der Waals surface area (Å²) in [6.45, 7) is 7.44. The van der Waals surface area contributed by atoms with E-state index in [2.05, 4.69) is 70.7 Å². The summed E-state index contributed by atoms with van der Waals surface area (Å²) in [4.78, 5) is 16.3. The van der Waals surface area contributed by atoms with Crippen molar-refractivity contribution in [3.8, 4) is 0 Å². The second-order valence-electron chi connectivity index (χ2n) is 8.09. The highest BCUT2D eigenvalue weighted by molar-refractivity contribution is 6.33. The maximum atomic E-state index is 12.6. The van der Waals surface area contributed by atoms with Gasteiger partial charge in [-0.15, -0.1) is 0 Å². The average molecular weight is 424 g/mol. The second kappa shape index (κ2) is 9.02. The van der Waals surface area contributed by atoms with Crippen molar-refractivity contribution in [2.24, 2.45) is 0 Å². The Morgan fingerprint density at radius 1 is 0.933 bits per heavy atom. The van der Waals surface area contributed by atoms with Crippen LogP contribution in [0, 0.1) is 0 Å². The molecule has 4 rings (SSSR count). The Labute approximate surface area is 182 Å². The van der Waals surface area contributed by atoms with Crippen molar-refractivity contribution in [1.82, 2.24) is 9.78 Å². The Kier molecular flexibility index (Phi) is 6.21. The lowest BCUT2D eigenvalue weighted by Crippen LogP contribution is -3.15. The number of anilines is 1. The molecule has 6 heteroatoms. The first kappa shape index (κ1) is 20.6. The van der Waals surface area contributed by atoms with Gasteiger partial charge in [0, 0.05) is 11.1 Å². The van der Waals surface area contributed by atoms with Crippen LogP contribution in [0.5, 0.6) is 0 Å². The Balaban J connectivity index is 1.56. The number of aromatic nitrogens is 2. The zero-order valence-corrected chi connectivity index (χ0v) is 18.2. The molecule has 30 heavy (non-hydrogen) atoms. The van der Waals surface area contributed by atoms with Crippen molar-refractivity contribution in [2.45, 2.75) is 25.9 Å². The van der Waals surface area contributed by atoms with E-state index in [9.17, 15) is 4.79 Å². The quantitative estimate of drug-likeness (QED) is 0.686. The van der Waals surface area contributed by atoms with Crippen molar-refractivity contribution >= 4 is 17.3 Å². The van der Waals surface area contributed by atoms with Gasteiger partial charge >= 0.3 is 0 Å². The lowest BCUT2D eigenvalue weighted by Gasteiger charge is -2.38. The molecule has 5 nitrogen and oxygen atoms in total. The van der Waals surface area contributed by atoms with Gasteiger partial charge in [0.2, 0.25) is 0 Å². The normalized spacial score (nSPS) is 15.2. The van der Waals surface area contributed by atoms with Gasteiger partial charge in [-0.05, 0) is 13.8 Å². The number of piperazine rings is 1. The van der Waals surface area contributed by atoms with E-state index in [0.717, 1.165) is 31.9 Å². The Morgan fingerprint density at radius 2 is 1.47 bits per heavy atom. The minimum Gasteiger partial charge on any atom is -0.358 e. The molecule has 0 saturated carbocycles. The van der Waals surface area contributed by atoms with Crippen LogP contribution in [-0.2, 0) is 0 Å². The monoisotopic (exact) mass is 423 g/mol. The minimum absolute atomic E-state index is 0.0113. The molecule has 1 aliphatic heterocycles. The van der Waals surface area contributed by atoms with Gasteiger partial charge in [-0.25, -0.2) is 4.68 Å². The van der Waals surface area contributed by atoms with E-state index in [1.807, 2.05) is 13.8 Å². The number of benzene rings is 2. The summed E-state index contributed by atoms with van der Waals surface area (Å²) in [5, 5.41) is 4.60. The van der Waals surface area contributed by atoms with E-state index in [4.69, 9.17) is 11.6 Å². The Morgan fingerprint density at radius 3 is 1.97 bits per heavy atom. The molecule has 3 aromatic rings. The maximum absolute atomic E-state index is 12.6. The highest BCUT2D eigenvalue weighted by Crippen LogP contribution is 2.23. The zero-order chi connectivity index (χ0) is 21.1. The highest BCUT2D eigenvalue weighted by Gasteiger charge is 2.31. The second-order valence-corrected chi connectivity index (χ2v) is 8.46. The van der Waals surface area contributed by atoms with E-state index < -0.39 is 0 Å². The van der Waals surface area contributed by atoms with Crippen LogP contribution in [-0.4, -0.2) is 36.0 Å². The standard InChI is InChI=1S/C24H27ClN4O/c1-18(2)29-24(30)22(25)21(17-26-29)27-13-15-28(16-14-27)23(19-9-5-3-6-10-19)20-11-7-4-8-12-20/h3-12,17-18,23H,13-16H2,1-2H3/p+1. The number of hydrogen-bond donors (Lipinski definition) is 1. The van der Waals surface area contributed by atoms with E-state index in [1.54, 1.807) is 6.20 Å². The van der Waals surface area contributed by atoms with Crippen molar-refractivity contribution in [1.29, 1.82) is 0 Å². The molecule has 1 aromatic heterocycles. The number of quaternary nitrogens is 1. The predicted molar refractivity (Wildman–Crippen MR) is 122 cm³/mol. The third-order valence-corrected chi connectivity index (χ3v) is 6.19. The molecule has 0 aliphatic carbocycles. The molecule has 0 amide bonds. The first-order chi connectivity index (χ1) is 14.6. The third kappa shape index (κ3) is 4.13. The average Bonchev–Trinajstić information content (AvgIpc) is 2.78. The van der Waals surface area contributed by atoms with Gasteiger partial charge in [0.15, 0.2) is 0 Å². The molecule has 0 bridgehead atoms. The molecule has 0 radical (unpaired) electrons. The van der Waals surface area contributed by atoms with Crippen molar-refractivity contribution in [2.75, 3.05) is 31.1 Å². The lowest BCUT2D eigenvalue weighted by atomic mass is 9.96. The van der Waals surface area contributed by atoms with Gasteiger partial charge in [0.1, 0.15) is 11.1 Å². The van der Waals surface area contributed by atoms with E-state index >= 15 is 0 Å². The van der Waals surface area contributed by atoms with Crippen LogP contribution in [0.1, 0.15) is 37.1 Å². The molecule has 0 spiro atoms. The van der Waals surface area contributed by atoms with Gasteiger partial charge < -0.3 is 9.80 Å². The molecular formula is C24H28ClN4O+. The summed E-state index contributed by atoms with van der Waals surface area (Å²) < 4.78 is 1.44. The fraction of sp³-hybridized carbons (Fsp3) is 0.333. The molecule has 2 aromatic carbocycles. The van der Waals surface area contributed by atoms with Gasteiger partial charge in [0.05, 0.1) is 44.1 Å². The number of nitrogens with zero attached hydrogens (tertiary/aromatic N) is 3. The lowest BCUT2D eigenvalue weighted by molar-refractivity contribution is -0.926. The Bertz CT molecular complexity index is 989. The van der Waals surface area contributed by atoms with Crippen LogP contribution in [0.4, 0.5) is 5.69 Å². The molecule has 1 N–H and O–H groups in total. The van der Waals surface area contributed by atoms with Crippen LogP contribution in [0.3, 0.4) is 0 Å². The summed E-state index contributed by atoms with van der Waals surface area (Å²) >= 11 is 6.44. The summed E-state index contributed by atoms with van der Waals surface area (Å²) in [6.07, 6.45) is 1.74. The first-order valence-electron chi connectivity index (χ1n) is 10.5. The SMILES string of the molecule is CC(C)n1ncc(N2CC[NH+](C(c3ccccc3)c3ccccc3)CC2)c(Cl)c1=O. The first-order valence-corrected chi connectivity index (χ1v) is 10.9. The minimum atomic E-state index is -0.217. The summed E-state index contributed by atoms with van der Waals surface area (Å²) in [5.41, 5.74) is 3.18. The van der Waals surface area contributed by atoms with Gasteiger partial charge in [-0.1, -0.05) is 72.3 Å². The molecule has 0 unspecified atom stereocenters. The molecular weight excluding hydrogens is 396 g/mol. The molecule has 2 heterocycles. The van der Waals surface area contributed by atoms with Crippen LogP contribution in [0.2, 0.25) is 5.02 Å². The van der Waals surface area contributed by atoms with Crippen molar-refractivity contribution in [3.63, 3.8) is 0 Å². The Hall–Kier alpha value is -2.63. The number of halogens is 1. The number of hydrogen-bond acceptors (Lipinski definition) is 3. The van der Waals surface area contributed by atoms with Crippen LogP contribution < -0.4 is 15.4 Å². The summed E-state index contributed by atoms with van der Waals surface area (Å²) in [5.74, 6) is 0. The van der Waals surface area contributed by atoms with Crippen molar-refractivity contribution in [3.05, 3.63) is 93.4 Å². The summed E-state index contributed by atoms with van der Waals surface area (Å²) in [6, 6.07) is 21.7. The third-order valence-electron chi connectivity index (χ3n) is 5.83. The van der Waals surface area contributed by atoms with Crippen molar-refractivity contribution < 1.29 is 4.90 Å². The molecule has 1 fully saturated rings. The van der Waals surface area contributed by atoms with Crippen LogP contribution in [0.25, 0.3) is 0 Å². The van der Waals surface area contributed by atoms with Gasteiger partial charge in [-0.2, -0.15) is 5.10 Å². The molecule has 0 atom stereocenters. The van der Waals surface area contributed by atoms with E-state index in [-0.39, 0.29) is 22.7 Å². The topological polar surface area (TPSA) is 42.6 Å². The van der Waals surface area contributed by atoms with Crippen LogP contribution in [0.15, 0.2) is 71.7 Å². The smallest absolute Gasteiger partial charge is 0.287 e. The maximum Gasteiger partial charge on any atom is 0.287 e. The molecule has 156 valence electrons. The van der Waals surface area contributed by atoms with E-state index in [1.165, 1.54) is 20.7 Å². The van der Waals surface area contributed by atoms with Crippen LogP contribution >= 0.6 is 11.6 Å². The van der Waals surface area contributed by atoms with Gasteiger partial charge in [-0.3, -0.25) is 4.79 Å². The fourth-order valence-electron chi connectivity index (χ4n) is 4.30. The zero-order valence-electron chi connectivity index (χ0n) is 17.5. The number of nitrogens with one attached hydrogen (secondary N) is 1. The van der Waals surface area contributed by atoms with E-state index in [0.29, 0.717) is 0 Å². The molecule has 1 aliphatic rings.